The Kier molecular flexibility index (Phi) is 4.02. The summed E-state index contributed by atoms with van der Waals surface area (Å²) in [6.45, 7) is -0.349. The van der Waals surface area contributed by atoms with Crippen molar-refractivity contribution in [2.45, 2.75) is 0 Å². The summed E-state index contributed by atoms with van der Waals surface area (Å²) in [7, 11) is 0. The quantitative estimate of drug-likeness (QED) is 0.922. The Balaban J connectivity index is 1.90. The predicted octanol–water partition coefficient (Wildman–Crippen LogP) is 2.38. The van der Waals surface area contributed by atoms with Crippen molar-refractivity contribution in [1.82, 2.24) is 4.98 Å². The lowest BCUT2D eigenvalue weighted by atomic mass is 10.3. The zero-order valence-corrected chi connectivity index (χ0v) is 9.77. The Hall–Kier alpha value is -2.50. The average Bonchev–Trinajstić information content (AvgIpc) is 2.36. The third-order valence-corrected chi connectivity index (χ3v) is 2.15. The number of anilines is 1. The summed E-state index contributed by atoms with van der Waals surface area (Å²) in [4.78, 5) is 15.3. The number of hydrogen-bond acceptors (Lipinski definition) is 3. The molecule has 0 spiro atoms. The van der Waals surface area contributed by atoms with Gasteiger partial charge in [-0.05, 0) is 12.1 Å². The van der Waals surface area contributed by atoms with Gasteiger partial charge in [-0.2, -0.15) is 0 Å². The Morgan fingerprint density at radius 1 is 1.26 bits per heavy atom. The fourth-order valence-corrected chi connectivity index (χ4v) is 1.39. The minimum Gasteiger partial charge on any atom is -0.484 e. The van der Waals surface area contributed by atoms with Gasteiger partial charge in [0.05, 0.1) is 11.9 Å². The van der Waals surface area contributed by atoms with E-state index in [2.05, 4.69) is 10.3 Å². The van der Waals surface area contributed by atoms with Crippen LogP contribution in [0.25, 0.3) is 0 Å². The van der Waals surface area contributed by atoms with Gasteiger partial charge >= 0.3 is 0 Å². The highest BCUT2D eigenvalue weighted by atomic mass is 19.1. The molecule has 0 unspecified atom stereocenters. The number of hydrogen-bond donors (Lipinski definition) is 1. The number of benzene rings is 1. The Bertz CT molecular complexity index is 556. The van der Waals surface area contributed by atoms with Crippen LogP contribution in [-0.2, 0) is 4.79 Å². The average molecular weight is 264 g/mol. The lowest BCUT2D eigenvalue weighted by Crippen LogP contribution is -2.20. The van der Waals surface area contributed by atoms with E-state index in [9.17, 15) is 13.6 Å². The first-order valence-corrected chi connectivity index (χ1v) is 5.42. The molecule has 1 aromatic carbocycles. The van der Waals surface area contributed by atoms with E-state index in [0.717, 1.165) is 18.2 Å². The monoisotopic (exact) mass is 264 g/mol. The van der Waals surface area contributed by atoms with Crippen LogP contribution >= 0.6 is 0 Å². The standard InChI is InChI=1S/C13H10F2N2O2/c14-9-4-10(15)6-12(5-9)19-8-13(18)17-11-2-1-3-16-7-11/h1-7H,8H2,(H,17,18). The molecule has 0 saturated carbocycles. The number of aromatic nitrogens is 1. The number of nitrogens with zero attached hydrogens (tertiary/aromatic N) is 1. The second-order valence-corrected chi connectivity index (χ2v) is 3.68. The lowest BCUT2D eigenvalue weighted by Gasteiger charge is -2.07. The van der Waals surface area contributed by atoms with E-state index in [-0.39, 0.29) is 12.4 Å². The van der Waals surface area contributed by atoms with Crippen LogP contribution in [-0.4, -0.2) is 17.5 Å². The van der Waals surface area contributed by atoms with Crippen LogP contribution in [0.2, 0.25) is 0 Å². The van der Waals surface area contributed by atoms with Crippen LogP contribution in [0, 0.1) is 11.6 Å². The Morgan fingerprint density at radius 2 is 2.00 bits per heavy atom. The zero-order chi connectivity index (χ0) is 13.7. The van der Waals surface area contributed by atoms with Crippen molar-refractivity contribution in [3.05, 3.63) is 54.4 Å². The summed E-state index contributed by atoms with van der Waals surface area (Å²) in [6.07, 6.45) is 3.04. The molecule has 1 N–H and O–H groups in total. The summed E-state index contributed by atoms with van der Waals surface area (Å²) in [5.41, 5.74) is 0.515. The maximum absolute atomic E-state index is 12.9. The third-order valence-electron chi connectivity index (χ3n) is 2.15. The number of nitrogens with one attached hydrogen (secondary N) is 1. The summed E-state index contributed by atoms with van der Waals surface area (Å²) in [5.74, 6) is -2.01. The van der Waals surface area contributed by atoms with Gasteiger partial charge in [0.15, 0.2) is 6.61 Å². The minimum absolute atomic E-state index is 0.0427. The molecule has 0 radical (unpaired) electrons. The zero-order valence-electron chi connectivity index (χ0n) is 9.77. The number of carbonyl (C=O) groups is 1. The summed E-state index contributed by atoms with van der Waals surface area (Å²) in [6, 6.07) is 6.05. The van der Waals surface area contributed by atoms with E-state index in [1.54, 1.807) is 18.3 Å². The molecule has 2 aromatic rings. The Morgan fingerprint density at radius 3 is 2.63 bits per heavy atom. The van der Waals surface area contributed by atoms with Gasteiger partial charge in [0.1, 0.15) is 17.4 Å². The normalized spacial score (nSPS) is 10.0. The van der Waals surface area contributed by atoms with Crippen LogP contribution in [0.15, 0.2) is 42.7 Å². The number of rotatable bonds is 4. The summed E-state index contributed by atoms with van der Waals surface area (Å²) < 4.78 is 30.7. The molecule has 0 saturated heterocycles. The third kappa shape index (κ3) is 4.02. The molecule has 0 aliphatic rings. The van der Waals surface area contributed by atoms with Crippen molar-refractivity contribution in [2.24, 2.45) is 0 Å². The highest BCUT2D eigenvalue weighted by Crippen LogP contribution is 2.15. The number of ether oxygens (including phenoxy) is 1. The molecule has 4 nitrogen and oxygen atoms in total. The first kappa shape index (κ1) is 12.9. The lowest BCUT2D eigenvalue weighted by molar-refractivity contribution is -0.118. The number of amides is 1. The highest BCUT2D eigenvalue weighted by Gasteiger charge is 2.06. The molecule has 19 heavy (non-hydrogen) atoms. The van der Waals surface area contributed by atoms with Gasteiger partial charge in [-0.15, -0.1) is 0 Å². The van der Waals surface area contributed by atoms with Crippen molar-refractivity contribution in [3.8, 4) is 5.75 Å². The first-order chi connectivity index (χ1) is 9.13. The van der Waals surface area contributed by atoms with Crippen LogP contribution in [0.4, 0.5) is 14.5 Å². The molecule has 2 rings (SSSR count). The van der Waals surface area contributed by atoms with Crippen molar-refractivity contribution >= 4 is 11.6 Å². The minimum atomic E-state index is -0.761. The van der Waals surface area contributed by atoms with Gasteiger partial charge < -0.3 is 10.1 Å². The van der Waals surface area contributed by atoms with Gasteiger partial charge in [0.25, 0.3) is 5.91 Å². The molecule has 0 bridgehead atoms. The van der Waals surface area contributed by atoms with E-state index in [4.69, 9.17) is 4.74 Å². The van der Waals surface area contributed by atoms with E-state index in [1.807, 2.05) is 0 Å². The second kappa shape index (κ2) is 5.90. The molecule has 98 valence electrons. The molecule has 0 fully saturated rings. The van der Waals surface area contributed by atoms with Crippen LogP contribution < -0.4 is 10.1 Å². The van der Waals surface area contributed by atoms with E-state index >= 15 is 0 Å². The van der Waals surface area contributed by atoms with Gasteiger partial charge in [0, 0.05) is 24.4 Å². The molecule has 6 heteroatoms. The molecular formula is C13H10F2N2O2. The molecular weight excluding hydrogens is 254 g/mol. The summed E-state index contributed by atoms with van der Waals surface area (Å²) in [5, 5.41) is 2.53. The molecule has 1 aromatic heterocycles. The van der Waals surface area contributed by atoms with Crippen LogP contribution in [0.1, 0.15) is 0 Å². The van der Waals surface area contributed by atoms with E-state index < -0.39 is 17.5 Å². The Labute approximate surface area is 108 Å². The van der Waals surface area contributed by atoms with Crippen molar-refractivity contribution in [3.63, 3.8) is 0 Å². The fourth-order valence-electron chi connectivity index (χ4n) is 1.39. The van der Waals surface area contributed by atoms with E-state index in [0.29, 0.717) is 5.69 Å². The number of carbonyl (C=O) groups excluding carboxylic acids is 1. The number of pyridine rings is 1. The van der Waals surface area contributed by atoms with Gasteiger partial charge in [0.2, 0.25) is 0 Å². The summed E-state index contributed by atoms with van der Waals surface area (Å²) >= 11 is 0. The first-order valence-electron chi connectivity index (χ1n) is 5.42. The van der Waals surface area contributed by atoms with Gasteiger partial charge in [-0.25, -0.2) is 8.78 Å². The molecule has 0 aliphatic carbocycles. The molecule has 0 atom stereocenters. The van der Waals surface area contributed by atoms with Crippen molar-refractivity contribution in [2.75, 3.05) is 11.9 Å². The maximum Gasteiger partial charge on any atom is 0.262 e. The van der Waals surface area contributed by atoms with Gasteiger partial charge in [-0.3, -0.25) is 9.78 Å². The maximum atomic E-state index is 12.9. The molecule has 1 heterocycles. The van der Waals surface area contributed by atoms with Crippen LogP contribution in [0.3, 0.4) is 0 Å². The van der Waals surface area contributed by atoms with E-state index in [1.165, 1.54) is 6.20 Å². The smallest absolute Gasteiger partial charge is 0.262 e. The fraction of sp³-hybridized carbons (Fsp3) is 0.0769. The highest BCUT2D eigenvalue weighted by molar-refractivity contribution is 5.91. The van der Waals surface area contributed by atoms with Crippen LogP contribution in [0.5, 0.6) is 5.75 Å². The predicted molar refractivity (Wildman–Crippen MR) is 64.7 cm³/mol. The van der Waals surface area contributed by atoms with Gasteiger partial charge in [-0.1, -0.05) is 0 Å². The largest absolute Gasteiger partial charge is 0.484 e. The molecule has 1 amide bonds. The van der Waals surface area contributed by atoms with Crippen molar-refractivity contribution in [1.29, 1.82) is 0 Å². The van der Waals surface area contributed by atoms with Crippen molar-refractivity contribution < 1.29 is 18.3 Å². The SMILES string of the molecule is O=C(COc1cc(F)cc(F)c1)Nc1cccnc1. The molecule has 0 aliphatic heterocycles. The second-order valence-electron chi connectivity index (χ2n) is 3.68. The number of halogens is 2. The topological polar surface area (TPSA) is 51.2 Å².